The number of aromatic nitrogens is 1. The largest absolute Gasteiger partial charge is 0.356 e. The average molecular weight is 489 g/mol. The van der Waals surface area contributed by atoms with Crippen molar-refractivity contribution in [3.63, 3.8) is 0 Å². The number of rotatable bonds is 4. The molecule has 1 amide bonds. The van der Waals surface area contributed by atoms with Crippen molar-refractivity contribution in [2.24, 2.45) is 0 Å². The molecule has 7 nitrogen and oxygen atoms in total. The fraction of sp³-hybridized carbons (Fsp3) is 0.458. The van der Waals surface area contributed by atoms with Crippen molar-refractivity contribution in [3.8, 4) is 0 Å². The highest BCUT2D eigenvalue weighted by Gasteiger charge is 2.33. The minimum atomic E-state index is -0.190. The van der Waals surface area contributed by atoms with Gasteiger partial charge in [0.2, 0.25) is 0 Å². The van der Waals surface area contributed by atoms with Gasteiger partial charge in [-0.1, -0.05) is 23.2 Å². The molecular formula is C24H30Cl2N6O. The maximum atomic E-state index is 11.8. The second-order valence-electron chi connectivity index (χ2n) is 8.72. The standard InChI is InChI=1S/C24H30Cl2N6O/c1-16-15-31(23-21(26)13-18(14-29-23)24(33)28-2)11-12-32(16)20-7-9-30(10-8-20)22(27)17-3-5-19(25)6-4-17/h3-6,13-14,16,20,27H,7-12,15H2,1-2H3,(H,28,33)/t16-/m0/s1. The molecule has 2 N–H and O–H groups in total. The summed E-state index contributed by atoms with van der Waals surface area (Å²) in [5, 5.41) is 12.4. The van der Waals surface area contributed by atoms with Gasteiger partial charge in [-0.2, -0.15) is 0 Å². The van der Waals surface area contributed by atoms with Crippen LogP contribution >= 0.6 is 23.2 Å². The normalized spacial score (nSPS) is 20.1. The van der Waals surface area contributed by atoms with Crippen LogP contribution in [0.3, 0.4) is 0 Å². The van der Waals surface area contributed by atoms with E-state index in [9.17, 15) is 4.79 Å². The van der Waals surface area contributed by atoms with Gasteiger partial charge in [0.15, 0.2) is 0 Å². The molecule has 1 aromatic carbocycles. The first-order valence-electron chi connectivity index (χ1n) is 11.3. The van der Waals surface area contributed by atoms with Crippen LogP contribution in [0.1, 0.15) is 35.7 Å². The highest BCUT2D eigenvalue weighted by atomic mass is 35.5. The van der Waals surface area contributed by atoms with E-state index in [-0.39, 0.29) is 5.91 Å². The van der Waals surface area contributed by atoms with Crippen molar-refractivity contribution in [1.82, 2.24) is 20.1 Å². The van der Waals surface area contributed by atoms with Gasteiger partial charge in [0.25, 0.3) is 5.91 Å². The van der Waals surface area contributed by atoms with E-state index in [1.165, 1.54) is 0 Å². The molecular weight excluding hydrogens is 459 g/mol. The summed E-state index contributed by atoms with van der Waals surface area (Å²) in [7, 11) is 1.59. The Bertz CT molecular complexity index is 1010. The van der Waals surface area contributed by atoms with Crippen LogP contribution in [0.15, 0.2) is 36.5 Å². The Hall–Kier alpha value is -2.35. The second-order valence-corrected chi connectivity index (χ2v) is 9.56. The van der Waals surface area contributed by atoms with E-state index >= 15 is 0 Å². The smallest absolute Gasteiger partial charge is 0.252 e. The lowest BCUT2D eigenvalue weighted by atomic mass is 9.99. The molecule has 4 rings (SSSR count). The summed E-state index contributed by atoms with van der Waals surface area (Å²) in [5.41, 5.74) is 1.38. The number of hydrogen-bond donors (Lipinski definition) is 2. The van der Waals surface area contributed by atoms with Crippen LogP contribution in [0, 0.1) is 5.41 Å². The summed E-state index contributed by atoms with van der Waals surface area (Å²) in [5.74, 6) is 1.12. The van der Waals surface area contributed by atoms with E-state index in [1.54, 1.807) is 19.3 Å². The molecule has 0 unspecified atom stereocenters. The van der Waals surface area contributed by atoms with Crippen LogP contribution in [0.2, 0.25) is 10.0 Å². The van der Waals surface area contributed by atoms with E-state index in [0.717, 1.165) is 56.9 Å². The Balaban J connectivity index is 1.33. The number of amides is 1. The number of amidine groups is 1. The molecule has 3 heterocycles. The number of halogens is 2. The van der Waals surface area contributed by atoms with E-state index in [4.69, 9.17) is 28.6 Å². The molecule has 9 heteroatoms. The zero-order valence-corrected chi connectivity index (χ0v) is 20.5. The summed E-state index contributed by atoms with van der Waals surface area (Å²) >= 11 is 12.5. The number of benzene rings is 1. The summed E-state index contributed by atoms with van der Waals surface area (Å²) in [6.07, 6.45) is 3.67. The van der Waals surface area contributed by atoms with Gasteiger partial charge in [-0.05, 0) is 50.1 Å². The number of nitrogens with zero attached hydrogens (tertiary/aromatic N) is 4. The van der Waals surface area contributed by atoms with Gasteiger partial charge in [-0.15, -0.1) is 0 Å². The molecule has 0 bridgehead atoms. The van der Waals surface area contributed by atoms with Crippen molar-refractivity contribution >= 4 is 40.8 Å². The Morgan fingerprint density at radius 2 is 1.79 bits per heavy atom. The summed E-state index contributed by atoms with van der Waals surface area (Å²) in [6.45, 7) is 6.64. The fourth-order valence-electron chi connectivity index (χ4n) is 4.85. The molecule has 2 saturated heterocycles. The number of anilines is 1. The fourth-order valence-corrected chi connectivity index (χ4v) is 5.26. The first-order chi connectivity index (χ1) is 15.9. The predicted octanol–water partition coefficient (Wildman–Crippen LogP) is 3.75. The lowest BCUT2D eigenvalue weighted by Gasteiger charge is -2.47. The molecule has 2 aliphatic heterocycles. The van der Waals surface area contributed by atoms with Gasteiger partial charge in [-0.3, -0.25) is 15.1 Å². The predicted molar refractivity (Wildman–Crippen MR) is 134 cm³/mol. The quantitative estimate of drug-likeness (QED) is 0.506. The second kappa shape index (κ2) is 10.3. The topological polar surface area (TPSA) is 75.6 Å². The number of piperidine rings is 1. The van der Waals surface area contributed by atoms with Gasteiger partial charge < -0.3 is 15.1 Å². The number of likely N-dealkylation sites (tertiary alicyclic amines) is 1. The number of piperazine rings is 1. The van der Waals surface area contributed by atoms with Crippen molar-refractivity contribution in [3.05, 3.63) is 57.7 Å². The average Bonchev–Trinajstić information content (AvgIpc) is 2.83. The van der Waals surface area contributed by atoms with E-state index in [2.05, 4.69) is 31.9 Å². The highest BCUT2D eigenvalue weighted by molar-refractivity contribution is 6.33. The zero-order chi connectivity index (χ0) is 23.5. The molecule has 0 aliphatic carbocycles. The third-order valence-corrected chi connectivity index (χ3v) is 7.19. The van der Waals surface area contributed by atoms with E-state index < -0.39 is 0 Å². The Morgan fingerprint density at radius 3 is 2.39 bits per heavy atom. The maximum absolute atomic E-state index is 11.8. The van der Waals surface area contributed by atoms with Gasteiger partial charge in [0.1, 0.15) is 11.7 Å². The van der Waals surface area contributed by atoms with Crippen LogP contribution in [0.5, 0.6) is 0 Å². The first kappa shape index (κ1) is 23.8. The van der Waals surface area contributed by atoms with Crippen LogP contribution in [-0.2, 0) is 0 Å². The Morgan fingerprint density at radius 1 is 1.09 bits per heavy atom. The molecule has 2 fully saturated rings. The lowest BCUT2D eigenvalue weighted by molar-refractivity contribution is 0.0884. The maximum Gasteiger partial charge on any atom is 0.252 e. The molecule has 0 radical (unpaired) electrons. The lowest BCUT2D eigenvalue weighted by Crippen LogP contribution is -2.58. The third kappa shape index (κ3) is 5.26. The van der Waals surface area contributed by atoms with Gasteiger partial charge in [0.05, 0.1) is 10.6 Å². The molecule has 0 spiro atoms. The first-order valence-corrected chi connectivity index (χ1v) is 12.1. The van der Waals surface area contributed by atoms with E-state index in [0.29, 0.717) is 33.5 Å². The third-order valence-electron chi connectivity index (χ3n) is 6.66. The van der Waals surface area contributed by atoms with Crippen molar-refractivity contribution in [1.29, 1.82) is 5.41 Å². The molecule has 2 aromatic rings. The van der Waals surface area contributed by atoms with Crippen molar-refractivity contribution < 1.29 is 4.79 Å². The van der Waals surface area contributed by atoms with Crippen LogP contribution < -0.4 is 10.2 Å². The molecule has 2 aliphatic rings. The van der Waals surface area contributed by atoms with Crippen molar-refractivity contribution in [2.45, 2.75) is 31.8 Å². The molecule has 1 atom stereocenters. The van der Waals surface area contributed by atoms with Crippen LogP contribution in [0.4, 0.5) is 5.82 Å². The molecule has 176 valence electrons. The Kier molecular flexibility index (Phi) is 7.41. The van der Waals surface area contributed by atoms with Gasteiger partial charge in [-0.25, -0.2) is 4.98 Å². The highest BCUT2D eigenvalue weighted by Crippen LogP contribution is 2.29. The SMILES string of the molecule is CNC(=O)c1cnc(N2CCN(C3CCN(C(=N)c4ccc(Cl)cc4)CC3)[C@@H](C)C2)c(Cl)c1. The summed E-state index contributed by atoms with van der Waals surface area (Å²) < 4.78 is 0. The van der Waals surface area contributed by atoms with Crippen molar-refractivity contribution in [2.75, 3.05) is 44.7 Å². The Labute approximate surface area is 205 Å². The molecule has 1 aromatic heterocycles. The molecule has 33 heavy (non-hydrogen) atoms. The monoisotopic (exact) mass is 488 g/mol. The van der Waals surface area contributed by atoms with E-state index in [1.807, 2.05) is 24.3 Å². The molecule has 0 saturated carbocycles. The zero-order valence-electron chi connectivity index (χ0n) is 19.0. The van der Waals surface area contributed by atoms with Crippen LogP contribution in [0.25, 0.3) is 0 Å². The van der Waals surface area contributed by atoms with Gasteiger partial charge >= 0.3 is 0 Å². The number of nitrogens with one attached hydrogen (secondary N) is 2. The van der Waals surface area contributed by atoms with Gasteiger partial charge in [0, 0.05) is 68.6 Å². The minimum absolute atomic E-state index is 0.190. The van der Waals surface area contributed by atoms with Crippen LogP contribution in [-0.4, -0.2) is 78.4 Å². The summed E-state index contributed by atoms with van der Waals surface area (Å²) in [6, 6.07) is 10.1. The minimum Gasteiger partial charge on any atom is -0.356 e. The number of pyridine rings is 1. The number of hydrogen-bond acceptors (Lipinski definition) is 5. The number of carbonyl (C=O) groups is 1. The number of carbonyl (C=O) groups excluding carboxylic acids is 1. The summed E-state index contributed by atoms with van der Waals surface area (Å²) in [4.78, 5) is 23.3.